The first-order chi connectivity index (χ1) is 9.74. The van der Waals surface area contributed by atoms with Gasteiger partial charge in [-0.25, -0.2) is 4.98 Å². The van der Waals surface area contributed by atoms with Gasteiger partial charge in [0.15, 0.2) is 0 Å². The molecular weight excluding hydrogens is 254 g/mol. The van der Waals surface area contributed by atoms with Crippen LogP contribution in [0.15, 0.2) is 18.3 Å². The highest BCUT2D eigenvalue weighted by Crippen LogP contribution is 2.27. The molecule has 2 aliphatic heterocycles. The van der Waals surface area contributed by atoms with Crippen molar-refractivity contribution in [3.8, 4) is 0 Å². The van der Waals surface area contributed by atoms with E-state index in [0.717, 1.165) is 24.5 Å². The topological polar surface area (TPSA) is 62.3 Å². The van der Waals surface area contributed by atoms with E-state index in [1.165, 1.54) is 19.3 Å². The van der Waals surface area contributed by atoms with Gasteiger partial charge >= 0.3 is 0 Å². The summed E-state index contributed by atoms with van der Waals surface area (Å²) >= 11 is 0. The number of carbonyl (C=O) groups excluding carboxylic acids is 2. The Morgan fingerprint density at radius 3 is 2.75 bits per heavy atom. The third kappa shape index (κ3) is 2.66. The van der Waals surface area contributed by atoms with Crippen LogP contribution in [0.4, 0.5) is 5.82 Å². The molecule has 20 heavy (non-hydrogen) atoms. The van der Waals surface area contributed by atoms with Crippen molar-refractivity contribution in [3.63, 3.8) is 0 Å². The van der Waals surface area contributed by atoms with Crippen LogP contribution in [0.2, 0.25) is 0 Å². The number of imide groups is 1. The van der Waals surface area contributed by atoms with E-state index in [1.807, 2.05) is 12.1 Å². The molecule has 2 saturated heterocycles. The zero-order valence-corrected chi connectivity index (χ0v) is 11.5. The molecule has 2 amide bonds. The molecule has 0 bridgehead atoms. The number of piperidine rings is 2. The molecule has 0 spiro atoms. The maximum Gasteiger partial charge on any atom is 0.234 e. The average Bonchev–Trinajstić information content (AvgIpc) is 2.48. The maximum absolute atomic E-state index is 11.9. The van der Waals surface area contributed by atoms with Crippen LogP contribution in [0.3, 0.4) is 0 Å². The highest BCUT2D eigenvalue weighted by atomic mass is 16.2. The average molecular weight is 273 g/mol. The lowest BCUT2D eigenvalue weighted by molar-refractivity contribution is -0.134. The minimum absolute atomic E-state index is 0.170. The number of pyridine rings is 1. The number of hydrogen-bond acceptors (Lipinski definition) is 4. The molecule has 0 radical (unpaired) electrons. The number of nitrogens with zero attached hydrogens (tertiary/aromatic N) is 2. The number of aromatic nitrogens is 1. The largest absolute Gasteiger partial charge is 0.357 e. The molecule has 2 aliphatic rings. The van der Waals surface area contributed by atoms with Gasteiger partial charge in [0.05, 0.1) is 5.92 Å². The summed E-state index contributed by atoms with van der Waals surface area (Å²) in [5.74, 6) is 0.375. The van der Waals surface area contributed by atoms with Crippen molar-refractivity contribution in [2.75, 3.05) is 18.0 Å². The fourth-order valence-electron chi connectivity index (χ4n) is 2.96. The molecule has 1 aromatic heterocycles. The SMILES string of the molecule is O=C1CC[C@H](c2ccnc(N3CCCCC3)c2)C(=O)N1. The summed E-state index contributed by atoms with van der Waals surface area (Å²) in [5.41, 5.74) is 0.963. The second kappa shape index (κ2) is 5.61. The summed E-state index contributed by atoms with van der Waals surface area (Å²) in [6.07, 6.45) is 6.45. The lowest BCUT2D eigenvalue weighted by atomic mass is 9.91. The van der Waals surface area contributed by atoms with E-state index in [9.17, 15) is 9.59 Å². The Morgan fingerprint density at radius 2 is 2.00 bits per heavy atom. The van der Waals surface area contributed by atoms with Crippen molar-refractivity contribution in [1.82, 2.24) is 10.3 Å². The van der Waals surface area contributed by atoms with E-state index in [1.54, 1.807) is 6.20 Å². The van der Waals surface area contributed by atoms with Gasteiger partial charge in [0.2, 0.25) is 11.8 Å². The second-order valence-electron chi connectivity index (χ2n) is 5.50. The summed E-state index contributed by atoms with van der Waals surface area (Å²) in [6, 6.07) is 3.89. The van der Waals surface area contributed by atoms with E-state index in [0.29, 0.717) is 12.8 Å². The van der Waals surface area contributed by atoms with E-state index < -0.39 is 0 Å². The van der Waals surface area contributed by atoms with Gasteiger partial charge in [-0.15, -0.1) is 0 Å². The van der Waals surface area contributed by atoms with Crippen LogP contribution in [-0.4, -0.2) is 29.9 Å². The summed E-state index contributed by atoms with van der Waals surface area (Å²) in [6.45, 7) is 2.07. The number of carbonyl (C=O) groups is 2. The quantitative estimate of drug-likeness (QED) is 0.831. The van der Waals surface area contributed by atoms with Crippen LogP contribution in [0.25, 0.3) is 0 Å². The van der Waals surface area contributed by atoms with Crippen LogP contribution < -0.4 is 10.2 Å². The van der Waals surface area contributed by atoms with Crippen LogP contribution in [0, 0.1) is 0 Å². The highest BCUT2D eigenvalue weighted by Gasteiger charge is 2.28. The van der Waals surface area contributed by atoms with Crippen LogP contribution in [0.5, 0.6) is 0 Å². The highest BCUT2D eigenvalue weighted by molar-refractivity contribution is 6.00. The molecule has 3 heterocycles. The van der Waals surface area contributed by atoms with Crippen molar-refractivity contribution < 1.29 is 9.59 Å². The number of anilines is 1. The Balaban J connectivity index is 1.80. The molecule has 1 atom stereocenters. The first kappa shape index (κ1) is 13.1. The maximum atomic E-state index is 11.9. The summed E-state index contributed by atoms with van der Waals surface area (Å²) < 4.78 is 0. The van der Waals surface area contributed by atoms with Crippen molar-refractivity contribution in [1.29, 1.82) is 0 Å². The van der Waals surface area contributed by atoms with Gasteiger partial charge < -0.3 is 4.90 Å². The van der Waals surface area contributed by atoms with Crippen molar-refractivity contribution >= 4 is 17.6 Å². The first-order valence-corrected chi connectivity index (χ1v) is 7.28. The lowest BCUT2D eigenvalue weighted by Gasteiger charge is -2.29. The molecule has 1 aromatic rings. The third-order valence-corrected chi connectivity index (χ3v) is 4.09. The first-order valence-electron chi connectivity index (χ1n) is 7.28. The molecule has 1 N–H and O–H groups in total. The number of hydrogen-bond donors (Lipinski definition) is 1. The molecule has 106 valence electrons. The molecule has 0 saturated carbocycles. The molecule has 5 heteroatoms. The van der Waals surface area contributed by atoms with Gasteiger partial charge in [0.1, 0.15) is 5.82 Å². The lowest BCUT2D eigenvalue weighted by Crippen LogP contribution is -2.39. The normalized spacial score (nSPS) is 23.6. The molecular formula is C15H19N3O2. The molecule has 0 aliphatic carbocycles. The van der Waals surface area contributed by atoms with Gasteiger partial charge in [-0.1, -0.05) is 0 Å². The monoisotopic (exact) mass is 273 g/mol. The zero-order valence-electron chi connectivity index (χ0n) is 11.5. The van der Waals surface area contributed by atoms with Gasteiger partial charge in [-0.3, -0.25) is 14.9 Å². The van der Waals surface area contributed by atoms with E-state index in [-0.39, 0.29) is 17.7 Å². The van der Waals surface area contributed by atoms with E-state index in [2.05, 4.69) is 15.2 Å². The minimum Gasteiger partial charge on any atom is -0.357 e. The Kier molecular flexibility index (Phi) is 3.67. The molecule has 0 unspecified atom stereocenters. The van der Waals surface area contributed by atoms with Crippen molar-refractivity contribution in [3.05, 3.63) is 23.9 Å². The molecule has 5 nitrogen and oxygen atoms in total. The van der Waals surface area contributed by atoms with Crippen LogP contribution in [-0.2, 0) is 9.59 Å². The van der Waals surface area contributed by atoms with Crippen molar-refractivity contribution in [2.45, 2.75) is 38.0 Å². The van der Waals surface area contributed by atoms with Gasteiger partial charge in [-0.05, 0) is 43.4 Å². The second-order valence-corrected chi connectivity index (χ2v) is 5.50. The van der Waals surface area contributed by atoms with Gasteiger partial charge in [0.25, 0.3) is 0 Å². The van der Waals surface area contributed by atoms with Crippen molar-refractivity contribution in [2.24, 2.45) is 0 Å². The number of nitrogens with one attached hydrogen (secondary N) is 1. The minimum atomic E-state index is -0.223. The Hall–Kier alpha value is -1.91. The summed E-state index contributed by atoms with van der Waals surface area (Å²) in [5, 5.41) is 2.41. The summed E-state index contributed by atoms with van der Waals surface area (Å²) in [7, 11) is 0. The van der Waals surface area contributed by atoms with E-state index >= 15 is 0 Å². The third-order valence-electron chi connectivity index (χ3n) is 4.09. The fraction of sp³-hybridized carbons (Fsp3) is 0.533. The zero-order chi connectivity index (χ0) is 13.9. The molecule has 0 aromatic carbocycles. The molecule has 2 fully saturated rings. The summed E-state index contributed by atoms with van der Waals surface area (Å²) in [4.78, 5) is 29.8. The van der Waals surface area contributed by atoms with Gasteiger partial charge in [0, 0.05) is 25.7 Å². The Bertz CT molecular complexity index is 524. The Morgan fingerprint density at radius 1 is 1.20 bits per heavy atom. The predicted molar refractivity (Wildman–Crippen MR) is 75.4 cm³/mol. The Labute approximate surface area is 118 Å². The number of rotatable bonds is 2. The predicted octanol–water partition coefficient (Wildman–Crippen LogP) is 1.59. The smallest absolute Gasteiger partial charge is 0.234 e. The number of amides is 2. The standard InChI is InChI=1S/C15H19N3O2/c19-14-5-4-12(15(20)17-14)11-6-7-16-13(10-11)18-8-2-1-3-9-18/h6-7,10,12H,1-5,8-9H2,(H,17,19,20)/t12-/m1/s1. The molecule has 3 rings (SSSR count). The van der Waals surface area contributed by atoms with Gasteiger partial charge in [-0.2, -0.15) is 0 Å². The van der Waals surface area contributed by atoms with Crippen LogP contribution >= 0.6 is 0 Å². The van der Waals surface area contributed by atoms with E-state index in [4.69, 9.17) is 0 Å². The van der Waals surface area contributed by atoms with Crippen LogP contribution in [0.1, 0.15) is 43.6 Å². The fourth-order valence-corrected chi connectivity index (χ4v) is 2.96.